The number of benzene rings is 3. The largest absolute Gasteiger partial charge is 0.339 e. The molecule has 0 aromatic heterocycles. The Morgan fingerprint density at radius 1 is 0.944 bits per heavy atom. The SMILES string of the molecule is Cc1cccc(N(CC(=O)N2CCN(C/C=C/c3ccccc3)CC2)S(=O)(=O)c2ccc(Cl)cc2)c1. The minimum atomic E-state index is -3.96. The van der Waals surface area contributed by atoms with Gasteiger partial charge in [-0.05, 0) is 54.4 Å². The molecule has 188 valence electrons. The highest BCUT2D eigenvalue weighted by Gasteiger charge is 2.30. The molecule has 1 aliphatic rings. The molecule has 8 heteroatoms. The van der Waals surface area contributed by atoms with E-state index in [0.717, 1.165) is 30.8 Å². The van der Waals surface area contributed by atoms with Crippen LogP contribution < -0.4 is 4.31 Å². The van der Waals surface area contributed by atoms with Gasteiger partial charge < -0.3 is 4.90 Å². The maximum atomic E-state index is 13.6. The van der Waals surface area contributed by atoms with Crippen molar-refractivity contribution in [3.63, 3.8) is 0 Å². The molecular weight excluding hydrogens is 494 g/mol. The Morgan fingerprint density at radius 2 is 1.64 bits per heavy atom. The Labute approximate surface area is 218 Å². The van der Waals surface area contributed by atoms with Crippen molar-refractivity contribution >= 4 is 39.3 Å². The summed E-state index contributed by atoms with van der Waals surface area (Å²) in [7, 11) is -3.96. The smallest absolute Gasteiger partial charge is 0.264 e. The summed E-state index contributed by atoms with van der Waals surface area (Å²) in [5, 5.41) is 0.448. The van der Waals surface area contributed by atoms with Crippen molar-refractivity contribution < 1.29 is 13.2 Å². The van der Waals surface area contributed by atoms with Crippen LogP contribution >= 0.6 is 11.6 Å². The number of piperazine rings is 1. The monoisotopic (exact) mass is 523 g/mol. The lowest BCUT2D eigenvalue weighted by Gasteiger charge is -2.35. The standard InChI is InChI=1S/C28H30ClN3O3S/c1-23-7-5-11-26(21-23)32(36(34,35)27-14-12-25(29)13-15-27)22-28(33)31-19-17-30(18-20-31)16-6-10-24-8-3-2-4-9-24/h2-15,21H,16-20,22H2,1H3/b10-6+. The van der Waals surface area contributed by atoms with E-state index < -0.39 is 10.0 Å². The molecule has 0 N–H and O–H groups in total. The van der Waals surface area contributed by atoms with E-state index in [1.807, 2.05) is 31.2 Å². The summed E-state index contributed by atoms with van der Waals surface area (Å²) in [6.07, 6.45) is 4.23. The number of amides is 1. The Hall–Kier alpha value is -3.13. The molecule has 0 unspecified atom stereocenters. The van der Waals surface area contributed by atoms with Crippen molar-refractivity contribution in [1.82, 2.24) is 9.80 Å². The average Bonchev–Trinajstić information content (AvgIpc) is 2.88. The minimum Gasteiger partial charge on any atom is -0.339 e. The summed E-state index contributed by atoms with van der Waals surface area (Å²) in [5.41, 5.74) is 2.53. The fraction of sp³-hybridized carbons (Fsp3) is 0.250. The van der Waals surface area contributed by atoms with Gasteiger partial charge in [0.05, 0.1) is 10.6 Å². The molecular formula is C28H30ClN3O3S. The fourth-order valence-electron chi connectivity index (χ4n) is 4.14. The van der Waals surface area contributed by atoms with Crippen LogP contribution in [0.2, 0.25) is 5.02 Å². The number of hydrogen-bond donors (Lipinski definition) is 0. The number of anilines is 1. The number of halogens is 1. The number of carbonyl (C=O) groups excluding carboxylic acids is 1. The molecule has 3 aromatic carbocycles. The topological polar surface area (TPSA) is 60.9 Å². The quantitative estimate of drug-likeness (QED) is 0.429. The van der Waals surface area contributed by atoms with Crippen LogP contribution in [0.1, 0.15) is 11.1 Å². The highest BCUT2D eigenvalue weighted by Crippen LogP contribution is 2.26. The van der Waals surface area contributed by atoms with Gasteiger partial charge in [-0.15, -0.1) is 0 Å². The van der Waals surface area contributed by atoms with E-state index in [9.17, 15) is 13.2 Å². The molecule has 0 bridgehead atoms. The van der Waals surface area contributed by atoms with Crippen LogP contribution in [-0.2, 0) is 14.8 Å². The van der Waals surface area contributed by atoms with E-state index >= 15 is 0 Å². The van der Waals surface area contributed by atoms with Gasteiger partial charge in [0.2, 0.25) is 5.91 Å². The molecule has 6 nitrogen and oxygen atoms in total. The van der Waals surface area contributed by atoms with E-state index in [1.54, 1.807) is 23.1 Å². The zero-order valence-electron chi connectivity index (χ0n) is 20.3. The summed E-state index contributed by atoms with van der Waals surface area (Å²) in [5.74, 6) is -0.214. The second-order valence-electron chi connectivity index (χ2n) is 8.80. The van der Waals surface area contributed by atoms with Crippen molar-refractivity contribution in [3.05, 3.63) is 101 Å². The van der Waals surface area contributed by atoms with Crippen LogP contribution in [0.5, 0.6) is 0 Å². The van der Waals surface area contributed by atoms with E-state index in [1.165, 1.54) is 28.6 Å². The maximum absolute atomic E-state index is 13.6. The molecule has 1 fully saturated rings. The van der Waals surface area contributed by atoms with E-state index in [-0.39, 0.29) is 17.3 Å². The van der Waals surface area contributed by atoms with Gasteiger partial charge in [-0.2, -0.15) is 0 Å². The van der Waals surface area contributed by atoms with Crippen LogP contribution in [0.4, 0.5) is 5.69 Å². The molecule has 0 saturated carbocycles. The van der Waals surface area contributed by atoms with Gasteiger partial charge in [0, 0.05) is 37.7 Å². The van der Waals surface area contributed by atoms with Gasteiger partial charge in [0.1, 0.15) is 6.54 Å². The summed E-state index contributed by atoms with van der Waals surface area (Å²) in [6, 6.07) is 23.3. The summed E-state index contributed by atoms with van der Waals surface area (Å²) in [4.78, 5) is 17.4. The maximum Gasteiger partial charge on any atom is 0.264 e. The van der Waals surface area contributed by atoms with Gasteiger partial charge in [0.15, 0.2) is 0 Å². The van der Waals surface area contributed by atoms with Crippen molar-refractivity contribution in [2.24, 2.45) is 0 Å². The van der Waals surface area contributed by atoms with Crippen LogP contribution in [0.15, 0.2) is 89.8 Å². The molecule has 0 atom stereocenters. The molecule has 1 aliphatic heterocycles. The molecule has 1 heterocycles. The first-order chi connectivity index (χ1) is 17.3. The van der Waals surface area contributed by atoms with Gasteiger partial charge in [-0.1, -0.05) is 66.2 Å². The van der Waals surface area contributed by atoms with E-state index in [2.05, 4.69) is 29.2 Å². The van der Waals surface area contributed by atoms with Crippen molar-refractivity contribution in [2.75, 3.05) is 43.6 Å². The molecule has 4 rings (SSSR count). The Kier molecular flexibility index (Phi) is 8.46. The first-order valence-electron chi connectivity index (χ1n) is 11.9. The Morgan fingerprint density at radius 3 is 2.31 bits per heavy atom. The average molecular weight is 524 g/mol. The van der Waals surface area contributed by atoms with Crippen LogP contribution in [0.3, 0.4) is 0 Å². The third-order valence-electron chi connectivity index (χ3n) is 6.17. The van der Waals surface area contributed by atoms with Crippen molar-refractivity contribution in [2.45, 2.75) is 11.8 Å². The molecule has 0 radical (unpaired) electrons. The van der Waals surface area contributed by atoms with Gasteiger partial charge in [0.25, 0.3) is 10.0 Å². The predicted molar refractivity (Wildman–Crippen MR) is 146 cm³/mol. The molecule has 0 spiro atoms. The third-order valence-corrected chi connectivity index (χ3v) is 8.21. The Bertz CT molecular complexity index is 1300. The normalized spacial score (nSPS) is 14.8. The first kappa shape index (κ1) is 25.9. The van der Waals surface area contributed by atoms with Gasteiger partial charge in [-0.3, -0.25) is 14.0 Å². The fourth-order valence-corrected chi connectivity index (χ4v) is 5.67. The minimum absolute atomic E-state index is 0.0937. The molecule has 0 aliphatic carbocycles. The highest BCUT2D eigenvalue weighted by molar-refractivity contribution is 7.92. The number of hydrogen-bond acceptors (Lipinski definition) is 4. The van der Waals surface area contributed by atoms with E-state index in [4.69, 9.17) is 11.6 Å². The number of aryl methyl sites for hydroxylation is 1. The zero-order valence-corrected chi connectivity index (χ0v) is 21.8. The Balaban J connectivity index is 1.43. The molecule has 1 saturated heterocycles. The number of carbonyl (C=O) groups is 1. The summed E-state index contributed by atoms with van der Waals surface area (Å²) >= 11 is 5.96. The predicted octanol–water partition coefficient (Wildman–Crippen LogP) is 4.70. The number of nitrogens with zero attached hydrogens (tertiary/aromatic N) is 3. The first-order valence-corrected chi connectivity index (χ1v) is 13.7. The summed E-state index contributed by atoms with van der Waals surface area (Å²) in [6.45, 7) is 5.02. The van der Waals surface area contributed by atoms with E-state index in [0.29, 0.717) is 23.8 Å². The van der Waals surface area contributed by atoms with Crippen molar-refractivity contribution in [3.8, 4) is 0 Å². The highest BCUT2D eigenvalue weighted by atomic mass is 35.5. The lowest BCUT2D eigenvalue weighted by molar-refractivity contribution is -0.131. The van der Waals surface area contributed by atoms with Gasteiger partial charge in [-0.25, -0.2) is 8.42 Å². The molecule has 1 amide bonds. The molecule has 36 heavy (non-hydrogen) atoms. The number of rotatable bonds is 8. The van der Waals surface area contributed by atoms with Crippen LogP contribution in [0, 0.1) is 6.92 Å². The lowest BCUT2D eigenvalue weighted by atomic mass is 10.2. The van der Waals surface area contributed by atoms with Crippen LogP contribution in [0.25, 0.3) is 6.08 Å². The van der Waals surface area contributed by atoms with Crippen LogP contribution in [-0.4, -0.2) is 63.4 Å². The second kappa shape index (κ2) is 11.7. The lowest BCUT2D eigenvalue weighted by Crippen LogP contribution is -2.51. The number of sulfonamides is 1. The third kappa shape index (κ3) is 6.55. The molecule has 3 aromatic rings. The van der Waals surface area contributed by atoms with Gasteiger partial charge >= 0.3 is 0 Å². The zero-order chi connectivity index (χ0) is 25.5. The second-order valence-corrected chi connectivity index (χ2v) is 11.1. The van der Waals surface area contributed by atoms with Crippen molar-refractivity contribution in [1.29, 1.82) is 0 Å². The summed E-state index contributed by atoms with van der Waals surface area (Å²) < 4.78 is 28.3.